The van der Waals surface area contributed by atoms with Crippen LogP contribution >= 0.6 is 11.8 Å². The lowest BCUT2D eigenvalue weighted by molar-refractivity contribution is -0.135. The van der Waals surface area contributed by atoms with Crippen LogP contribution in [-0.2, 0) is 4.79 Å². The zero-order chi connectivity index (χ0) is 11.5. The molecule has 1 amide bonds. The van der Waals surface area contributed by atoms with Gasteiger partial charge in [0.25, 0.3) is 0 Å². The van der Waals surface area contributed by atoms with Gasteiger partial charge in [-0.05, 0) is 12.2 Å². The molecule has 2 atom stereocenters. The van der Waals surface area contributed by atoms with Crippen molar-refractivity contribution in [2.24, 2.45) is 17.0 Å². The molecule has 0 radical (unpaired) electrons. The maximum atomic E-state index is 12.2. The van der Waals surface area contributed by atoms with Gasteiger partial charge in [-0.1, -0.05) is 12.1 Å². The van der Waals surface area contributed by atoms with E-state index in [-0.39, 0.29) is 11.8 Å². The summed E-state index contributed by atoms with van der Waals surface area (Å²) in [6.07, 6.45) is 1.73. The largest absolute Gasteiger partial charge is 0.411 e. The minimum atomic E-state index is 0.191. The molecule has 1 N–H and O–H groups in total. The van der Waals surface area contributed by atoms with Gasteiger partial charge in [0.15, 0.2) is 0 Å². The maximum absolute atomic E-state index is 12.2. The zero-order valence-electron chi connectivity index (χ0n) is 9.56. The van der Waals surface area contributed by atoms with Gasteiger partial charge in [0.2, 0.25) is 5.91 Å². The van der Waals surface area contributed by atoms with E-state index in [1.54, 1.807) is 0 Å². The second-order valence-corrected chi connectivity index (χ2v) is 5.74. The van der Waals surface area contributed by atoms with Crippen LogP contribution in [0.4, 0.5) is 0 Å². The number of oxime groups is 1. The smallest absolute Gasteiger partial charge is 0.226 e. The average Bonchev–Trinajstić information content (AvgIpc) is 2.81. The van der Waals surface area contributed by atoms with Crippen molar-refractivity contribution in [2.45, 2.75) is 19.8 Å². The van der Waals surface area contributed by atoms with Crippen molar-refractivity contribution in [1.82, 2.24) is 4.90 Å². The fourth-order valence-corrected chi connectivity index (χ4v) is 3.57. The van der Waals surface area contributed by atoms with E-state index >= 15 is 0 Å². The summed E-state index contributed by atoms with van der Waals surface area (Å²) >= 11 is 1.87. The number of amides is 1. The lowest BCUT2D eigenvalue weighted by Crippen LogP contribution is -2.45. The number of hydrogen-bond donors (Lipinski definition) is 1. The summed E-state index contributed by atoms with van der Waals surface area (Å²) < 4.78 is 0. The molecule has 2 rings (SSSR count). The van der Waals surface area contributed by atoms with Crippen molar-refractivity contribution < 1.29 is 10.0 Å². The third kappa shape index (κ3) is 2.34. The molecule has 0 bridgehead atoms. The molecule has 0 aromatic carbocycles. The third-order valence-electron chi connectivity index (χ3n) is 3.42. The van der Waals surface area contributed by atoms with Crippen LogP contribution in [0.3, 0.4) is 0 Å². The lowest BCUT2D eigenvalue weighted by Gasteiger charge is -2.33. The van der Waals surface area contributed by atoms with E-state index in [9.17, 15) is 4.79 Å². The second kappa shape index (κ2) is 5.08. The van der Waals surface area contributed by atoms with Gasteiger partial charge >= 0.3 is 0 Å². The summed E-state index contributed by atoms with van der Waals surface area (Å²) in [5, 5.41) is 12.1. The Labute approximate surface area is 100 Å². The van der Waals surface area contributed by atoms with E-state index in [2.05, 4.69) is 5.16 Å². The molecule has 2 aliphatic rings. The van der Waals surface area contributed by atoms with E-state index in [0.29, 0.717) is 25.4 Å². The first-order chi connectivity index (χ1) is 7.72. The van der Waals surface area contributed by atoms with Gasteiger partial charge < -0.3 is 10.1 Å². The highest BCUT2D eigenvalue weighted by atomic mass is 32.2. The van der Waals surface area contributed by atoms with Crippen molar-refractivity contribution in [3.63, 3.8) is 0 Å². The molecular formula is C11H18N2O2S. The van der Waals surface area contributed by atoms with Crippen LogP contribution in [-0.4, -0.2) is 46.3 Å². The molecule has 2 aliphatic heterocycles. The van der Waals surface area contributed by atoms with Gasteiger partial charge in [-0.3, -0.25) is 4.79 Å². The number of rotatable bonds is 1. The maximum Gasteiger partial charge on any atom is 0.226 e. The molecular weight excluding hydrogens is 224 g/mol. The third-order valence-corrected chi connectivity index (χ3v) is 4.58. The van der Waals surface area contributed by atoms with E-state index in [4.69, 9.17) is 5.21 Å². The van der Waals surface area contributed by atoms with Crippen molar-refractivity contribution in [2.75, 3.05) is 24.6 Å². The predicted octanol–water partition coefficient (Wildman–Crippen LogP) is 1.44. The van der Waals surface area contributed by atoms with Crippen molar-refractivity contribution in [1.29, 1.82) is 0 Å². The summed E-state index contributed by atoms with van der Waals surface area (Å²) in [5.74, 6) is 2.81. The molecule has 90 valence electrons. The SMILES string of the molecule is CC1CN(C(=O)C2CCSC2)CCC1=NO. The highest BCUT2D eigenvalue weighted by Gasteiger charge is 2.31. The zero-order valence-corrected chi connectivity index (χ0v) is 10.4. The Hall–Kier alpha value is -0.710. The number of carbonyl (C=O) groups excluding carboxylic acids is 1. The predicted molar refractivity (Wildman–Crippen MR) is 65.0 cm³/mol. The molecule has 2 heterocycles. The molecule has 2 unspecified atom stereocenters. The number of piperidine rings is 1. The van der Waals surface area contributed by atoms with Crippen LogP contribution in [0.1, 0.15) is 19.8 Å². The lowest BCUT2D eigenvalue weighted by atomic mass is 9.96. The van der Waals surface area contributed by atoms with Gasteiger partial charge in [0.05, 0.1) is 5.71 Å². The summed E-state index contributed by atoms with van der Waals surface area (Å²) in [6, 6.07) is 0. The molecule has 5 heteroatoms. The van der Waals surface area contributed by atoms with Crippen molar-refractivity contribution in [3.05, 3.63) is 0 Å². The number of carbonyl (C=O) groups is 1. The quantitative estimate of drug-likeness (QED) is 0.559. The minimum absolute atomic E-state index is 0.191. The first-order valence-corrected chi connectivity index (χ1v) is 6.95. The molecule has 2 saturated heterocycles. The summed E-state index contributed by atoms with van der Waals surface area (Å²) in [7, 11) is 0. The number of hydrogen-bond acceptors (Lipinski definition) is 4. The van der Waals surface area contributed by atoms with Crippen molar-refractivity contribution in [3.8, 4) is 0 Å². The highest BCUT2D eigenvalue weighted by molar-refractivity contribution is 7.99. The molecule has 2 fully saturated rings. The second-order valence-electron chi connectivity index (χ2n) is 4.59. The van der Waals surface area contributed by atoms with Gasteiger partial charge in [0.1, 0.15) is 0 Å². The first kappa shape index (κ1) is 11.8. The number of likely N-dealkylation sites (tertiary alicyclic amines) is 1. The Bertz CT molecular complexity index is 300. The van der Waals surface area contributed by atoms with Gasteiger partial charge in [0, 0.05) is 37.1 Å². The fourth-order valence-electron chi connectivity index (χ4n) is 2.36. The molecule has 0 aromatic rings. The molecule has 0 saturated carbocycles. The van der Waals surface area contributed by atoms with Crippen LogP contribution in [0.15, 0.2) is 5.16 Å². The van der Waals surface area contributed by atoms with Crippen LogP contribution in [0, 0.1) is 11.8 Å². The van der Waals surface area contributed by atoms with Crippen molar-refractivity contribution >= 4 is 23.4 Å². The van der Waals surface area contributed by atoms with E-state index in [0.717, 1.165) is 23.6 Å². The molecule has 4 nitrogen and oxygen atoms in total. The molecule has 0 aliphatic carbocycles. The Morgan fingerprint density at radius 1 is 1.62 bits per heavy atom. The van der Waals surface area contributed by atoms with Gasteiger partial charge in [-0.15, -0.1) is 0 Å². The normalized spacial score (nSPS) is 33.3. The average molecular weight is 242 g/mol. The Kier molecular flexibility index (Phi) is 3.74. The van der Waals surface area contributed by atoms with Crippen LogP contribution in [0.25, 0.3) is 0 Å². The highest BCUT2D eigenvalue weighted by Crippen LogP contribution is 2.26. The monoisotopic (exact) mass is 242 g/mol. The van der Waals surface area contributed by atoms with E-state index in [1.807, 2.05) is 23.6 Å². The fraction of sp³-hybridized carbons (Fsp3) is 0.818. The van der Waals surface area contributed by atoms with Crippen LogP contribution in [0.5, 0.6) is 0 Å². The van der Waals surface area contributed by atoms with E-state index < -0.39 is 0 Å². The van der Waals surface area contributed by atoms with Crippen LogP contribution in [0.2, 0.25) is 0 Å². The molecule has 0 spiro atoms. The van der Waals surface area contributed by atoms with E-state index in [1.165, 1.54) is 0 Å². The Morgan fingerprint density at radius 2 is 2.44 bits per heavy atom. The number of thioether (sulfide) groups is 1. The topological polar surface area (TPSA) is 52.9 Å². The van der Waals surface area contributed by atoms with Crippen LogP contribution < -0.4 is 0 Å². The standard InChI is InChI=1S/C11H18N2O2S/c1-8-6-13(4-2-10(8)12-15)11(14)9-3-5-16-7-9/h8-9,15H,2-7H2,1H3. The summed E-state index contributed by atoms with van der Waals surface area (Å²) in [6.45, 7) is 3.43. The number of nitrogens with zero attached hydrogens (tertiary/aromatic N) is 2. The van der Waals surface area contributed by atoms with Gasteiger partial charge in [-0.2, -0.15) is 11.8 Å². The molecule has 0 aromatic heterocycles. The summed E-state index contributed by atoms with van der Waals surface area (Å²) in [5.41, 5.74) is 0.824. The first-order valence-electron chi connectivity index (χ1n) is 5.79. The molecule has 16 heavy (non-hydrogen) atoms. The minimum Gasteiger partial charge on any atom is -0.411 e. The Balaban J connectivity index is 1.94. The Morgan fingerprint density at radius 3 is 3.00 bits per heavy atom. The summed E-state index contributed by atoms with van der Waals surface area (Å²) in [4.78, 5) is 14.1. The van der Waals surface area contributed by atoms with Gasteiger partial charge in [-0.25, -0.2) is 0 Å².